The minimum Gasteiger partial charge on any atom is -0.294 e. The Morgan fingerprint density at radius 1 is 0.950 bits per heavy atom. The number of aryl methyl sites for hydroxylation is 1. The Bertz CT molecular complexity index is 809. The Labute approximate surface area is 117 Å². The van der Waals surface area contributed by atoms with Gasteiger partial charge in [0.2, 0.25) is 0 Å². The molecule has 2 aromatic carbocycles. The van der Waals surface area contributed by atoms with E-state index in [2.05, 4.69) is 10.2 Å². The highest BCUT2D eigenvalue weighted by molar-refractivity contribution is 6.10. The number of aromatic nitrogens is 2. The van der Waals surface area contributed by atoms with Crippen LogP contribution < -0.4 is 0 Å². The summed E-state index contributed by atoms with van der Waals surface area (Å²) in [5, 5.41) is 9.38. The SMILES string of the molecule is CC(=O)c1c(-c2ccccc2C)nnc2ccccc12. The van der Waals surface area contributed by atoms with Gasteiger partial charge in [0.05, 0.1) is 11.1 Å². The van der Waals surface area contributed by atoms with Gasteiger partial charge in [-0.05, 0) is 25.5 Å². The van der Waals surface area contributed by atoms with Gasteiger partial charge in [-0.25, -0.2) is 0 Å². The average molecular weight is 262 g/mol. The Kier molecular flexibility index (Phi) is 3.03. The van der Waals surface area contributed by atoms with Crippen molar-refractivity contribution in [2.75, 3.05) is 0 Å². The summed E-state index contributed by atoms with van der Waals surface area (Å²) in [5.74, 6) is 0.00866. The minimum absolute atomic E-state index is 0.00866. The Morgan fingerprint density at radius 2 is 1.65 bits per heavy atom. The van der Waals surface area contributed by atoms with Gasteiger partial charge in [-0.3, -0.25) is 4.79 Å². The second kappa shape index (κ2) is 4.85. The highest BCUT2D eigenvalue weighted by Gasteiger charge is 2.16. The van der Waals surface area contributed by atoms with Gasteiger partial charge in [-0.2, -0.15) is 0 Å². The van der Waals surface area contributed by atoms with Crippen LogP contribution in [0.4, 0.5) is 0 Å². The molecule has 0 saturated carbocycles. The van der Waals surface area contributed by atoms with Crippen LogP contribution in [0.15, 0.2) is 48.5 Å². The lowest BCUT2D eigenvalue weighted by atomic mass is 9.97. The van der Waals surface area contributed by atoms with Crippen molar-refractivity contribution in [3.05, 3.63) is 59.7 Å². The van der Waals surface area contributed by atoms with Crippen molar-refractivity contribution < 1.29 is 4.79 Å². The van der Waals surface area contributed by atoms with Crippen molar-refractivity contribution in [3.8, 4) is 11.3 Å². The summed E-state index contributed by atoms with van der Waals surface area (Å²) in [6.07, 6.45) is 0. The van der Waals surface area contributed by atoms with E-state index >= 15 is 0 Å². The molecule has 3 aromatic rings. The first-order valence-electron chi connectivity index (χ1n) is 6.51. The summed E-state index contributed by atoms with van der Waals surface area (Å²) in [6, 6.07) is 15.5. The van der Waals surface area contributed by atoms with Crippen LogP contribution in [-0.2, 0) is 0 Å². The molecule has 3 nitrogen and oxygen atoms in total. The van der Waals surface area contributed by atoms with E-state index in [4.69, 9.17) is 0 Å². The third-order valence-electron chi connectivity index (χ3n) is 3.42. The largest absolute Gasteiger partial charge is 0.294 e. The molecular weight excluding hydrogens is 248 g/mol. The Balaban J connectivity index is 2.40. The molecule has 0 atom stereocenters. The fraction of sp³-hybridized carbons (Fsp3) is 0.118. The molecule has 1 aromatic heterocycles. The molecule has 0 amide bonds. The van der Waals surface area contributed by atoms with Crippen molar-refractivity contribution in [2.24, 2.45) is 0 Å². The van der Waals surface area contributed by atoms with Crippen LogP contribution in [0.3, 0.4) is 0 Å². The first kappa shape index (κ1) is 12.5. The van der Waals surface area contributed by atoms with Crippen LogP contribution >= 0.6 is 0 Å². The number of nitrogens with zero attached hydrogens (tertiary/aromatic N) is 2. The summed E-state index contributed by atoms with van der Waals surface area (Å²) < 4.78 is 0. The van der Waals surface area contributed by atoms with Gasteiger partial charge in [0, 0.05) is 10.9 Å². The second-order valence-corrected chi connectivity index (χ2v) is 4.81. The number of benzene rings is 2. The molecular formula is C17H14N2O. The van der Waals surface area contributed by atoms with Gasteiger partial charge in [0.15, 0.2) is 5.78 Å². The fourth-order valence-corrected chi connectivity index (χ4v) is 2.44. The lowest BCUT2D eigenvalue weighted by Gasteiger charge is -2.10. The highest BCUT2D eigenvalue weighted by atomic mass is 16.1. The van der Waals surface area contributed by atoms with Crippen molar-refractivity contribution in [2.45, 2.75) is 13.8 Å². The monoisotopic (exact) mass is 262 g/mol. The van der Waals surface area contributed by atoms with Gasteiger partial charge in [0.1, 0.15) is 5.69 Å². The normalized spacial score (nSPS) is 10.7. The van der Waals surface area contributed by atoms with Crippen LogP contribution in [0.2, 0.25) is 0 Å². The Hall–Kier alpha value is -2.55. The molecule has 20 heavy (non-hydrogen) atoms. The maximum Gasteiger partial charge on any atom is 0.162 e. The van der Waals surface area contributed by atoms with Crippen molar-refractivity contribution >= 4 is 16.7 Å². The standard InChI is InChI=1S/C17H14N2O/c1-11-7-3-4-8-13(11)17-16(12(2)20)14-9-5-6-10-15(14)18-19-17/h3-10H,1-2H3. The maximum absolute atomic E-state index is 12.1. The van der Waals surface area contributed by atoms with E-state index < -0.39 is 0 Å². The van der Waals surface area contributed by atoms with Crippen LogP contribution in [0.25, 0.3) is 22.2 Å². The number of carbonyl (C=O) groups is 1. The molecule has 0 fully saturated rings. The van der Waals surface area contributed by atoms with E-state index in [1.165, 1.54) is 0 Å². The zero-order valence-corrected chi connectivity index (χ0v) is 11.4. The molecule has 98 valence electrons. The molecule has 0 aliphatic carbocycles. The summed E-state index contributed by atoms with van der Waals surface area (Å²) >= 11 is 0. The lowest BCUT2D eigenvalue weighted by molar-refractivity contribution is 0.101. The number of fused-ring (bicyclic) bond motifs is 1. The Morgan fingerprint density at radius 3 is 2.40 bits per heavy atom. The summed E-state index contributed by atoms with van der Waals surface area (Å²) in [6.45, 7) is 3.58. The molecule has 0 N–H and O–H groups in total. The zero-order chi connectivity index (χ0) is 14.1. The van der Waals surface area contributed by atoms with Gasteiger partial charge in [-0.15, -0.1) is 10.2 Å². The predicted molar refractivity (Wildman–Crippen MR) is 79.7 cm³/mol. The number of hydrogen-bond donors (Lipinski definition) is 0. The van der Waals surface area contributed by atoms with Crippen LogP contribution in [-0.4, -0.2) is 16.0 Å². The van der Waals surface area contributed by atoms with E-state index in [1.54, 1.807) is 6.92 Å². The predicted octanol–water partition coefficient (Wildman–Crippen LogP) is 3.81. The second-order valence-electron chi connectivity index (χ2n) is 4.81. The summed E-state index contributed by atoms with van der Waals surface area (Å²) in [5.41, 5.74) is 4.09. The minimum atomic E-state index is 0.00866. The van der Waals surface area contributed by atoms with Gasteiger partial charge < -0.3 is 0 Å². The zero-order valence-electron chi connectivity index (χ0n) is 11.4. The molecule has 1 heterocycles. The number of ketones is 1. The van der Waals surface area contributed by atoms with Crippen LogP contribution in [0.1, 0.15) is 22.8 Å². The molecule has 0 bridgehead atoms. The van der Waals surface area contributed by atoms with Crippen LogP contribution in [0.5, 0.6) is 0 Å². The summed E-state index contributed by atoms with van der Waals surface area (Å²) in [4.78, 5) is 12.1. The summed E-state index contributed by atoms with van der Waals surface area (Å²) in [7, 11) is 0. The average Bonchev–Trinajstić information content (AvgIpc) is 2.46. The number of hydrogen-bond acceptors (Lipinski definition) is 3. The smallest absolute Gasteiger partial charge is 0.162 e. The number of carbonyl (C=O) groups excluding carboxylic acids is 1. The molecule has 0 unspecified atom stereocenters. The van der Waals surface area contributed by atoms with Gasteiger partial charge in [-0.1, -0.05) is 42.5 Å². The molecule has 0 aliphatic heterocycles. The van der Waals surface area contributed by atoms with E-state index in [0.717, 1.165) is 22.0 Å². The molecule has 0 aliphatic rings. The third-order valence-corrected chi connectivity index (χ3v) is 3.42. The van der Waals surface area contributed by atoms with Crippen LogP contribution in [0, 0.1) is 6.92 Å². The lowest BCUT2D eigenvalue weighted by Crippen LogP contribution is -2.03. The van der Waals surface area contributed by atoms with Gasteiger partial charge in [0.25, 0.3) is 0 Å². The van der Waals surface area contributed by atoms with Crippen molar-refractivity contribution in [1.82, 2.24) is 10.2 Å². The van der Waals surface area contributed by atoms with E-state index in [1.807, 2.05) is 55.5 Å². The molecule has 3 heteroatoms. The molecule has 0 radical (unpaired) electrons. The number of rotatable bonds is 2. The topological polar surface area (TPSA) is 42.9 Å². The van der Waals surface area contributed by atoms with E-state index in [9.17, 15) is 4.79 Å². The highest BCUT2D eigenvalue weighted by Crippen LogP contribution is 2.29. The first-order valence-corrected chi connectivity index (χ1v) is 6.51. The quantitative estimate of drug-likeness (QED) is 0.659. The molecule has 3 rings (SSSR count). The number of Topliss-reactive ketones (excluding diaryl/α,β-unsaturated/α-hetero) is 1. The van der Waals surface area contributed by atoms with Crippen molar-refractivity contribution in [3.63, 3.8) is 0 Å². The van der Waals surface area contributed by atoms with E-state index in [-0.39, 0.29) is 5.78 Å². The molecule has 0 saturated heterocycles. The van der Waals surface area contributed by atoms with Crippen molar-refractivity contribution in [1.29, 1.82) is 0 Å². The van der Waals surface area contributed by atoms with E-state index in [0.29, 0.717) is 11.3 Å². The van der Waals surface area contributed by atoms with Gasteiger partial charge >= 0.3 is 0 Å². The molecule has 0 spiro atoms. The maximum atomic E-state index is 12.1. The first-order chi connectivity index (χ1) is 9.68. The third kappa shape index (κ3) is 1.97. The fourth-order valence-electron chi connectivity index (χ4n) is 2.44.